The fourth-order valence-electron chi connectivity index (χ4n) is 2.29. The van der Waals surface area contributed by atoms with Crippen molar-refractivity contribution in [2.24, 2.45) is 5.84 Å². The van der Waals surface area contributed by atoms with Crippen LogP contribution in [0.4, 0.5) is 4.79 Å². The van der Waals surface area contributed by atoms with Crippen LogP contribution < -0.4 is 11.3 Å². The lowest BCUT2D eigenvalue weighted by molar-refractivity contribution is 0.0237. The van der Waals surface area contributed by atoms with Gasteiger partial charge in [-0.2, -0.15) is 0 Å². The first-order chi connectivity index (χ1) is 9.76. The Balaban J connectivity index is 2.19. The van der Waals surface area contributed by atoms with E-state index in [2.05, 4.69) is 10.4 Å². The predicted molar refractivity (Wildman–Crippen MR) is 75.0 cm³/mol. The maximum Gasteiger partial charge on any atom is 0.410 e. The van der Waals surface area contributed by atoms with Gasteiger partial charge in [0.15, 0.2) is 0 Å². The smallest absolute Gasteiger partial charge is 0.410 e. The first-order valence-corrected chi connectivity index (χ1v) is 6.84. The normalized spacial score (nSPS) is 14.0. The summed E-state index contributed by atoms with van der Waals surface area (Å²) >= 11 is 0. The molecule has 1 aromatic rings. The van der Waals surface area contributed by atoms with Crippen LogP contribution in [0, 0.1) is 0 Å². The molecule has 1 aromatic heterocycles. The Hall–Kier alpha value is -2.09. The van der Waals surface area contributed by atoms with Crippen molar-refractivity contribution in [3.05, 3.63) is 17.2 Å². The van der Waals surface area contributed by atoms with Gasteiger partial charge >= 0.3 is 12.0 Å². The summed E-state index contributed by atoms with van der Waals surface area (Å²) < 4.78 is 7.11. The molecule has 8 heteroatoms. The van der Waals surface area contributed by atoms with Crippen LogP contribution in [0.2, 0.25) is 0 Å². The molecule has 0 aliphatic carbocycles. The third kappa shape index (κ3) is 2.99. The minimum atomic E-state index is -0.539. The van der Waals surface area contributed by atoms with Crippen LogP contribution in [0.3, 0.4) is 0 Å². The zero-order chi connectivity index (χ0) is 15.8. The lowest BCUT2D eigenvalue weighted by atomic mass is 10.2. The van der Waals surface area contributed by atoms with Gasteiger partial charge < -0.3 is 9.30 Å². The Bertz CT molecular complexity index is 573. The number of fused-ring (bicyclic) bond motifs is 1. The summed E-state index contributed by atoms with van der Waals surface area (Å²) in [5, 5.41) is 0. The first kappa shape index (κ1) is 15.3. The summed E-state index contributed by atoms with van der Waals surface area (Å²) in [4.78, 5) is 29.6. The van der Waals surface area contributed by atoms with Gasteiger partial charge in [-0.3, -0.25) is 15.1 Å². The highest BCUT2D eigenvalue weighted by atomic mass is 16.6. The Morgan fingerprint density at radius 3 is 2.57 bits per heavy atom. The quantitative estimate of drug-likeness (QED) is 0.476. The van der Waals surface area contributed by atoms with Gasteiger partial charge in [0.2, 0.25) is 5.82 Å². The minimum Gasteiger partial charge on any atom is -0.444 e. The van der Waals surface area contributed by atoms with Crippen LogP contribution in [0.25, 0.3) is 0 Å². The number of nitrogens with zero attached hydrogens (tertiary/aromatic N) is 3. The molecule has 0 unspecified atom stereocenters. The summed E-state index contributed by atoms with van der Waals surface area (Å²) in [6.07, 6.45) is -0.382. The molecule has 8 nitrogen and oxygen atoms in total. The predicted octanol–water partition coefficient (Wildman–Crippen LogP) is 0.757. The molecule has 0 radical (unpaired) electrons. The molecule has 0 atom stereocenters. The lowest BCUT2D eigenvalue weighted by Gasteiger charge is -2.24. The van der Waals surface area contributed by atoms with Crippen LogP contribution in [0.1, 0.15) is 49.7 Å². The van der Waals surface area contributed by atoms with E-state index < -0.39 is 11.5 Å². The van der Waals surface area contributed by atoms with Gasteiger partial charge in [-0.05, 0) is 27.7 Å². The second-order valence-corrected chi connectivity index (χ2v) is 5.88. The van der Waals surface area contributed by atoms with Crippen LogP contribution >= 0.6 is 0 Å². The molecule has 1 aliphatic heterocycles. The highest BCUT2D eigenvalue weighted by Gasteiger charge is 2.33. The molecule has 1 aliphatic rings. The molecule has 2 amide bonds. The fourth-order valence-corrected chi connectivity index (χ4v) is 2.29. The summed E-state index contributed by atoms with van der Waals surface area (Å²) in [6.45, 7) is 8.66. The molecule has 0 saturated heterocycles. The standard InChI is InChI=1S/C13H21N5O3/c1-5-18-9-7-17(12(20)21-13(2,3)4)6-8(9)15-10(18)11(19)16-14/h5-7,14H2,1-4H3,(H,16,19). The van der Waals surface area contributed by atoms with Crippen molar-refractivity contribution < 1.29 is 14.3 Å². The molecule has 21 heavy (non-hydrogen) atoms. The van der Waals surface area contributed by atoms with E-state index in [0.717, 1.165) is 5.69 Å². The number of imidazole rings is 1. The van der Waals surface area contributed by atoms with Crippen molar-refractivity contribution in [1.82, 2.24) is 19.9 Å². The number of rotatable bonds is 2. The van der Waals surface area contributed by atoms with E-state index in [-0.39, 0.29) is 11.9 Å². The fraction of sp³-hybridized carbons (Fsp3) is 0.615. The SMILES string of the molecule is CCn1c(C(=O)NN)nc2c1CN(C(=O)OC(C)(C)C)C2. The topological polar surface area (TPSA) is 102 Å². The number of nitrogens with one attached hydrogen (secondary N) is 1. The Kier molecular flexibility index (Phi) is 3.91. The summed E-state index contributed by atoms with van der Waals surface area (Å²) in [5.74, 6) is 4.99. The average Bonchev–Trinajstić information content (AvgIpc) is 2.92. The van der Waals surface area contributed by atoms with Crippen molar-refractivity contribution in [1.29, 1.82) is 0 Å². The Labute approximate surface area is 123 Å². The van der Waals surface area contributed by atoms with Crippen LogP contribution in [0.15, 0.2) is 0 Å². The van der Waals surface area contributed by atoms with E-state index in [0.29, 0.717) is 25.3 Å². The number of amides is 2. The minimum absolute atomic E-state index is 0.272. The van der Waals surface area contributed by atoms with Gasteiger partial charge in [-0.25, -0.2) is 15.6 Å². The summed E-state index contributed by atoms with van der Waals surface area (Å²) in [6, 6.07) is 0. The van der Waals surface area contributed by atoms with E-state index in [1.807, 2.05) is 27.7 Å². The van der Waals surface area contributed by atoms with Gasteiger partial charge in [-0.1, -0.05) is 0 Å². The van der Waals surface area contributed by atoms with E-state index >= 15 is 0 Å². The second-order valence-electron chi connectivity index (χ2n) is 5.88. The van der Waals surface area contributed by atoms with E-state index in [9.17, 15) is 9.59 Å². The maximum atomic E-state index is 12.1. The van der Waals surface area contributed by atoms with Crippen LogP contribution in [0.5, 0.6) is 0 Å². The molecule has 2 rings (SSSR count). The van der Waals surface area contributed by atoms with Gasteiger partial charge in [0.25, 0.3) is 0 Å². The highest BCUT2D eigenvalue weighted by Crippen LogP contribution is 2.25. The van der Waals surface area contributed by atoms with Crippen molar-refractivity contribution >= 4 is 12.0 Å². The number of ether oxygens (including phenoxy) is 1. The lowest BCUT2D eigenvalue weighted by Crippen LogP contribution is -2.35. The molecular weight excluding hydrogens is 274 g/mol. The van der Waals surface area contributed by atoms with Crippen molar-refractivity contribution in [2.75, 3.05) is 0 Å². The average molecular weight is 295 g/mol. The molecule has 2 heterocycles. The summed E-state index contributed by atoms with van der Waals surface area (Å²) in [5.41, 5.74) is 3.10. The van der Waals surface area contributed by atoms with Gasteiger partial charge in [-0.15, -0.1) is 0 Å². The van der Waals surface area contributed by atoms with E-state index in [4.69, 9.17) is 10.6 Å². The molecule has 0 bridgehead atoms. The second kappa shape index (κ2) is 5.36. The van der Waals surface area contributed by atoms with Gasteiger partial charge in [0.1, 0.15) is 5.60 Å². The molecule has 0 aromatic carbocycles. The molecule has 3 N–H and O–H groups in total. The monoisotopic (exact) mass is 295 g/mol. The Morgan fingerprint density at radius 2 is 2.05 bits per heavy atom. The number of aromatic nitrogens is 2. The van der Waals surface area contributed by atoms with E-state index in [1.54, 1.807) is 9.47 Å². The third-order valence-corrected chi connectivity index (χ3v) is 3.14. The van der Waals surface area contributed by atoms with E-state index in [1.165, 1.54) is 0 Å². The Morgan fingerprint density at radius 1 is 1.38 bits per heavy atom. The first-order valence-electron chi connectivity index (χ1n) is 6.84. The number of carbonyl (C=O) groups is 2. The van der Waals surface area contributed by atoms with Crippen molar-refractivity contribution in [3.63, 3.8) is 0 Å². The van der Waals surface area contributed by atoms with Crippen LogP contribution in [-0.4, -0.2) is 32.1 Å². The van der Waals surface area contributed by atoms with Gasteiger partial charge in [0, 0.05) is 6.54 Å². The number of carbonyl (C=O) groups excluding carboxylic acids is 2. The van der Waals surface area contributed by atoms with Crippen LogP contribution in [-0.2, 0) is 24.4 Å². The molecule has 116 valence electrons. The third-order valence-electron chi connectivity index (χ3n) is 3.14. The maximum absolute atomic E-state index is 12.1. The number of hydrogen-bond acceptors (Lipinski definition) is 5. The zero-order valence-corrected chi connectivity index (χ0v) is 12.8. The number of hydrazine groups is 1. The highest BCUT2D eigenvalue weighted by molar-refractivity contribution is 5.90. The number of nitrogen functional groups attached to an aromatic ring is 1. The summed E-state index contributed by atoms with van der Waals surface area (Å²) in [7, 11) is 0. The number of hydrogen-bond donors (Lipinski definition) is 2. The zero-order valence-electron chi connectivity index (χ0n) is 12.8. The molecular formula is C13H21N5O3. The molecule has 0 saturated carbocycles. The molecule has 0 fully saturated rings. The largest absolute Gasteiger partial charge is 0.444 e. The van der Waals surface area contributed by atoms with Crippen molar-refractivity contribution in [2.45, 2.75) is 52.9 Å². The van der Waals surface area contributed by atoms with Crippen molar-refractivity contribution in [3.8, 4) is 0 Å². The number of nitrogens with two attached hydrogens (primary N) is 1. The van der Waals surface area contributed by atoms with Gasteiger partial charge in [0.05, 0.1) is 24.5 Å². The molecule has 0 spiro atoms.